The van der Waals surface area contributed by atoms with Crippen LogP contribution in [0.2, 0.25) is 0 Å². The maximum absolute atomic E-state index is 12.1. The highest BCUT2D eigenvalue weighted by atomic mass is 32.2. The van der Waals surface area contributed by atoms with Crippen LogP contribution in [0, 0.1) is 0 Å². The Morgan fingerprint density at radius 2 is 2.18 bits per heavy atom. The lowest BCUT2D eigenvalue weighted by molar-refractivity contribution is 0.128. The van der Waals surface area contributed by atoms with Crippen LogP contribution in [-0.4, -0.2) is 30.1 Å². The number of fused-ring (bicyclic) bond motifs is 1. The van der Waals surface area contributed by atoms with Crippen LogP contribution >= 0.6 is 11.9 Å². The van der Waals surface area contributed by atoms with Crippen LogP contribution < -0.4 is 10.1 Å². The Labute approximate surface area is 167 Å². The molecule has 4 rings (SSSR count). The summed E-state index contributed by atoms with van der Waals surface area (Å²) in [4.78, 5) is 12.1. The van der Waals surface area contributed by atoms with Gasteiger partial charge in [-0.05, 0) is 40.7 Å². The summed E-state index contributed by atoms with van der Waals surface area (Å²) in [5, 5.41) is 15.3. The van der Waals surface area contributed by atoms with Crippen molar-refractivity contribution in [3.8, 4) is 5.75 Å². The number of aliphatic hydroxyl groups is 1. The number of nitrogens with zero attached hydrogens (tertiary/aromatic N) is 1. The van der Waals surface area contributed by atoms with Crippen molar-refractivity contribution in [1.29, 1.82) is 0 Å². The molecule has 2 aromatic carbocycles. The molecule has 0 bridgehead atoms. The lowest BCUT2D eigenvalue weighted by Crippen LogP contribution is -2.43. The molecule has 2 N–H and O–H groups in total. The van der Waals surface area contributed by atoms with Crippen LogP contribution in [0.25, 0.3) is 0 Å². The quantitative estimate of drug-likeness (QED) is 0.775. The number of rotatable bonds is 4. The highest BCUT2D eigenvalue weighted by molar-refractivity contribution is 8.01. The monoisotopic (exact) mass is 396 g/mol. The number of ether oxygens (including phenoxy) is 2. The van der Waals surface area contributed by atoms with Crippen molar-refractivity contribution in [3.05, 3.63) is 76.7 Å². The predicted octanol–water partition coefficient (Wildman–Crippen LogP) is 3.35. The Balaban J connectivity index is 1.36. The van der Waals surface area contributed by atoms with E-state index in [-0.39, 0.29) is 12.6 Å². The van der Waals surface area contributed by atoms with E-state index in [1.807, 2.05) is 48.5 Å². The molecular formula is C21H20N2O4S. The molecule has 2 aliphatic heterocycles. The summed E-state index contributed by atoms with van der Waals surface area (Å²) < 4.78 is 15.1. The fourth-order valence-corrected chi connectivity index (χ4v) is 3.70. The van der Waals surface area contributed by atoms with E-state index >= 15 is 0 Å². The van der Waals surface area contributed by atoms with Crippen LogP contribution in [0.15, 0.2) is 64.4 Å². The van der Waals surface area contributed by atoms with Gasteiger partial charge in [0.25, 0.3) is 0 Å². The average molecular weight is 396 g/mol. The minimum Gasteiger partial charge on any atom is -0.491 e. The number of hydrogen-bond acceptors (Lipinski definition) is 6. The number of carbonyl (C=O) groups is 1. The van der Waals surface area contributed by atoms with E-state index in [0.29, 0.717) is 24.3 Å². The van der Waals surface area contributed by atoms with Crippen molar-refractivity contribution in [2.45, 2.75) is 24.7 Å². The molecular weight excluding hydrogens is 376 g/mol. The molecule has 0 fully saturated rings. The molecule has 0 spiro atoms. The molecule has 0 saturated heterocycles. The normalized spacial score (nSPS) is 22.8. The summed E-state index contributed by atoms with van der Waals surface area (Å²) in [5.74, 6) is 0.710. The first-order valence-corrected chi connectivity index (χ1v) is 9.80. The van der Waals surface area contributed by atoms with Crippen molar-refractivity contribution in [1.82, 2.24) is 5.32 Å². The standard InChI is InChI=1S/C21H20N2O4S/c24-20(27-12-15-4-2-1-3-5-15)23-18-10-16-6-7-17(11-19(16)26-13-18)21(25)8-9-28-22-14-21/h1-9,11,14,18,25H,10,12-13H2,(H,23,24)/t18-,21?/m1/s1. The highest BCUT2D eigenvalue weighted by Gasteiger charge is 2.29. The van der Waals surface area contributed by atoms with Crippen LogP contribution in [0.5, 0.6) is 5.75 Å². The topological polar surface area (TPSA) is 80.2 Å². The van der Waals surface area contributed by atoms with Crippen molar-refractivity contribution >= 4 is 24.3 Å². The summed E-state index contributed by atoms with van der Waals surface area (Å²) in [6.45, 7) is 0.571. The van der Waals surface area contributed by atoms with E-state index in [9.17, 15) is 9.90 Å². The summed E-state index contributed by atoms with van der Waals surface area (Å²) in [6, 6.07) is 15.0. The Kier molecular flexibility index (Phi) is 5.36. The second kappa shape index (κ2) is 8.08. The van der Waals surface area contributed by atoms with Gasteiger partial charge in [0, 0.05) is 11.9 Å². The number of amides is 1. The smallest absolute Gasteiger partial charge is 0.407 e. The molecule has 1 unspecified atom stereocenters. The lowest BCUT2D eigenvalue weighted by Gasteiger charge is -2.28. The van der Waals surface area contributed by atoms with Gasteiger partial charge in [0.15, 0.2) is 0 Å². The van der Waals surface area contributed by atoms with Crippen LogP contribution in [0.3, 0.4) is 0 Å². The molecule has 1 amide bonds. The minimum absolute atomic E-state index is 0.169. The number of nitrogens with one attached hydrogen (secondary N) is 1. The van der Waals surface area contributed by atoms with Gasteiger partial charge < -0.3 is 19.9 Å². The third kappa shape index (κ3) is 4.21. The van der Waals surface area contributed by atoms with Gasteiger partial charge in [-0.2, -0.15) is 0 Å². The largest absolute Gasteiger partial charge is 0.491 e. The molecule has 0 saturated carbocycles. The average Bonchev–Trinajstić information content (AvgIpc) is 2.73. The molecule has 28 heavy (non-hydrogen) atoms. The zero-order valence-corrected chi connectivity index (χ0v) is 15.9. The molecule has 7 heteroatoms. The van der Waals surface area contributed by atoms with Crippen LogP contribution in [0.4, 0.5) is 4.79 Å². The van der Waals surface area contributed by atoms with Crippen LogP contribution in [0.1, 0.15) is 16.7 Å². The van der Waals surface area contributed by atoms with E-state index in [4.69, 9.17) is 9.47 Å². The third-order valence-electron chi connectivity index (χ3n) is 4.66. The van der Waals surface area contributed by atoms with Crippen molar-refractivity contribution in [2.24, 2.45) is 4.40 Å². The fourth-order valence-electron chi connectivity index (χ4n) is 3.14. The number of carbonyl (C=O) groups excluding carboxylic acids is 1. The Morgan fingerprint density at radius 1 is 1.32 bits per heavy atom. The van der Waals surface area contributed by atoms with E-state index in [1.165, 1.54) is 18.2 Å². The number of hydrogen-bond donors (Lipinski definition) is 2. The molecule has 6 nitrogen and oxygen atoms in total. The minimum atomic E-state index is -1.22. The SMILES string of the molecule is O=C(N[C@H]1COc2cc(C3(O)C=CSN=C3)ccc2C1)OCc1ccccc1. The zero-order chi connectivity index (χ0) is 19.4. The van der Waals surface area contributed by atoms with Crippen molar-refractivity contribution in [2.75, 3.05) is 6.61 Å². The zero-order valence-electron chi connectivity index (χ0n) is 15.1. The van der Waals surface area contributed by atoms with E-state index in [0.717, 1.165) is 11.1 Å². The van der Waals surface area contributed by atoms with E-state index in [1.54, 1.807) is 11.5 Å². The van der Waals surface area contributed by atoms with Crippen molar-refractivity contribution < 1.29 is 19.4 Å². The van der Waals surface area contributed by atoms with Gasteiger partial charge in [0.2, 0.25) is 0 Å². The van der Waals surface area contributed by atoms with Gasteiger partial charge in [0.1, 0.15) is 24.6 Å². The van der Waals surface area contributed by atoms with E-state index < -0.39 is 11.7 Å². The molecule has 144 valence electrons. The molecule has 0 aliphatic carbocycles. The van der Waals surface area contributed by atoms with Gasteiger partial charge in [-0.25, -0.2) is 9.19 Å². The maximum atomic E-state index is 12.1. The molecule has 2 aromatic rings. The van der Waals surface area contributed by atoms with E-state index in [2.05, 4.69) is 9.71 Å². The fraction of sp³-hybridized carbons (Fsp3) is 0.238. The summed E-state index contributed by atoms with van der Waals surface area (Å²) in [7, 11) is 0. The second-order valence-electron chi connectivity index (χ2n) is 6.71. The molecule has 2 heterocycles. The summed E-state index contributed by atoms with van der Waals surface area (Å²) in [5.41, 5.74) is 1.38. The Morgan fingerprint density at radius 3 is 2.96 bits per heavy atom. The molecule has 0 radical (unpaired) electrons. The van der Waals surface area contributed by atoms with Gasteiger partial charge in [-0.1, -0.05) is 42.5 Å². The first-order chi connectivity index (χ1) is 13.6. The van der Waals surface area contributed by atoms with Crippen LogP contribution in [-0.2, 0) is 23.4 Å². The second-order valence-corrected chi connectivity index (χ2v) is 7.40. The molecule has 0 aromatic heterocycles. The lowest BCUT2D eigenvalue weighted by atomic mass is 9.92. The van der Waals surface area contributed by atoms with Crippen molar-refractivity contribution in [3.63, 3.8) is 0 Å². The first kappa shape index (κ1) is 18.6. The third-order valence-corrected chi connectivity index (χ3v) is 5.15. The first-order valence-electron chi connectivity index (χ1n) is 8.96. The van der Waals surface area contributed by atoms with Gasteiger partial charge >= 0.3 is 6.09 Å². The number of alkyl carbamates (subject to hydrolysis) is 1. The predicted molar refractivity (Wildman–Crippen MR) is 108 cm³/mol. The highest BCUT2D eigenvalue weighted by Crippen LogP contribution is 2.33. The number of benzene rings is 2. The van der Waals surface area contributed by atoms with Gasteiger partial charge in [0.05, 0.1) is 12.3 Å². The maximum Gasteiger partial charge on any atom is 0.407 e. The Hall–Kier alpha value is -2.77. The van der Waals surface area contributed by atoms with Gasteiger partial charge in [-0.15, -0.1) is 0 Å². The summed E-state index contributed by atoms with van der Waals surface area (Å²) >= 11 is 1.27. The molecule has 2 aliphatic rings. The summed E-state index contributed by atoms with van der Waals surface area (Å²) in [6.07, 6.45) is 3.37. The Bertz CT molecular complexity index is 902. The van der Waals surface area contributed by atoms with Gasteiger partial charge in [-0.3, -0.25) is 0 Å². The molecule has 2 atom stereocenters.